The molecule has 0 saturated carbocycles. The third-order valence-electron chi connectivity index (χ3n) is 5.38. The minimum Gasteiger partial charge on any atom is -0.377 e. The molecule has 7 heteroatoms. The standard InChI is InChI=1S/C21H24N4O3/c1-2-20(26)24-10-11-28-15-18(24)12-21(27)23-9-8-19-16(14-23)13-22-25(19)17-6-4-3-5-7-17/h2-7,13,18H,1,8-12,14-15H2. The van der Waals surface area contributed by atoms with Gasteiger partial charge in [0.1, 0.15) is 0 Å². The van der Waals surface area contributed by atoms with Gasteiger partial charge in [-0.1, -0.05) is 24.8 Å². The number of nitrogens with zero attached hydrogens (tertiary/aromatic N) is 4. The fourth-order valence-corrected chi connectivity index (χ4v) is 3.90. The highest BCUT2D eigenvalue weighted by atomic mass is 16.5. The minimum absolute atomic E-state index is 0.0375. The van der Waals surface area contributed by atoms with Crippen LogP contribution in [0.4, 0.5) is 0 Å². The molecule has 1 fully saturated rings. The second kappa shape index (κ2) is 7.98. The van der Waals surface area contributed by atoms with Crippen molar-refractivity contribution in [1.82, 2.24) is 19.6 Å². The molecule has 2 aliphatic rings. The van der Waals surface area contributed by atoms with Gasteiger partial charge in [-0.05, 0) is 18.2 Å². The van der Waals surface area contributed by atoms with E-state index in [0.29, 0.717) is 32.8 Å². The monoisotopic (exact) mass is 380 g/mol. The van der Waals surface area contributed by atoms with E-state index >= 15 is 0 Å². The summed E-state index contributed by atoms with van der Waals surface area (Å²) in [5.41, 5.74) is 3.25. The van der Waals surface area contributed by atoms with E-state index in [9.17, 15) is 9.59 Å². The average molecular weight is 380 g/mol. The average Bonchev–Trinajstić information content (AvgIpc) is 3.17. The second-order valence-electron chi connectivity index (χ2n) is 7.10. The Morgan fingerprint density at radius 2 is 2.07 bits per heavy atom. The molecule has 2 aromatic rings. The zero-order chi connectivity index (χ0) is 19.5. The van der Waals surface area contributed by atoms with Crippen molar-refractivity contribution in [1.29, 1.82) is 0 Å². The summed E-state index contributed by atoms with van der Waals surface area (Å²) >= 11 is 0. The maximum atomic E-state index is 12.9. The molecule has 0 aliphatic carbocycles. The van der Waals surface area contributed by atoms with Gasteiger partial charge in [0.05, 0.1) is 36.8 Å². The molecular weight excluding hydrogens is 356 g/mol. The summed E-state index contributed by atoms with van der Waals surface area (Å²) in [6.45, 7) is 6.12. The van der Waals surface area contributed by atoms with Crippen molar-refractivity contribution in [3.63, 3.8) is 0 Å². The smallest absolute Gasteiger partial charge is 0.246 e. The van der Waals surface area contributed by atoms with Crippen LogP contribution in [0, 0.1) is 0 Å². The van der Waals surface area contributed by atoms with Crippen molar-refractivity contribution in [2.75, 3.05) is 26.3 Å². The summed E-state index contributed by atoms with van der Waals surface area (Å²) in [6, 6.07) is 9.78. The number of para-hydroxylation sites is 1. The number of morpholine rings is 1. The molecule has 7 nitrogen and oxygen atoms in total. The van der Waals surface area contributed by atoms with Crippen LogP contribution < -0.4 is 0 Å². The first-order valence-electron chi connectivity index (χ1n) is 9.57. The Kier molecular flexibility index (Phi) is 5.25. The highest BCUT2D eigenvalue weighted by Crippen LogP contribution is 2.23. The zero-order valence-corrected chi connectivity index (χ0v) is 15.8. The van der Waals surface area contributed by atoms with Gasteiger partial charge < -0.3 is 14.5 Å². The first-order chi connectivity index (χ1) is 13.7. The highest BCUT2D eigenvalue weighted by molar-refractivity contribution is 5.88. The number of hydrogen-bond donors (Lipinski definition) is 0. The third-order valence-corrected chi connectivity index (χ3v) is 5.38. The maximum Gasteiger partial charge on any atom is 0.246 e. The van der Waals surface area contributed by atoms with Gasteiger partial charge in [0.15, 0.2) is 0 Å². The van der Waals surface area contributed by atoms with Crippen LogP contribution in [0.2, 0.25) is 0 Å². The lowest BCUT2D eigenvalue weighted by molar-refractivity contribution is -0.140. The Balaban J connectivity index is 1.44. The summed E-state index contributed by atoms with van der Waals surface area (Å²) in [6.07, 6.45) is 4.17. The molecule has 28 heavy (non-hydrogen) atoms. The molecule has 1 aromatic heterocycles. The number of amides is 2. The number of ether oxygens (including phenoxy) is 1. The van der Waals surface area contributed by atoms with Crippen molar-refractivity contribution >= 4 is 11.8 Å². The number of carbonyl (C=O) groups excluding carboxylic acids is 2. The third kappa shape index (κ3) is 3.57. The molecule has 0 radical (unpaired) electrons. The summed E-state index contributed by atoms with van der Waals surface area (Å²) in [4.78, 5) is 28.5. The molecule has 1 unspecified atom stereocenters. The van der Waals surface area contributed by atoms with Crippen LogP contribution in [0.15, 0.2) is 49.2 Å². The Morgan fingerprint density at radius 3 is 2.86 bits per heavy atom. The van der Waals surface area contributed by atoms with Gasteiger partial charge in [0.2, 0.25) is 11.8 Å². The molecule has 3 heterocycles. The maximum absolute atomic E-state index is 12.9. The molecule has 0 bridgehead atoms. The molecule has 0 N–H and O–H groups in total. The number of hydrogen-bond acceptors (Lipinski definition) is 4. The van der Waals surface area contributed by atoms with Gasteiger partial charge in [0.25, 0.3) is 0 Å². The molecule has 146 valence electrons. The molecule has 1 aromatic carbocycles. The van der Waals surface area contributed by atoms with Gasteiger partial charge in [-0.15, -0.1) is 0 Å². The molecular formula is C21H24N4O3. The van der Waals surface area contributed by atoms with Crippen LogP contribution in [0.25, 0.3) is 5.69 Å². The first kappa shape index (κ1) is 18.4. The lowest BCUT2D eigenvalue weighted by Gasteiger charge is -2.36. The predicted molar refractivity (Wildman–Crippen MR) is 104 cm³/mol. The van der Waals surface area contributed by atoms with E-state index in [2.05, 4.69) is 11.7 Å². The summed E-state index contributed by atoms with van der Waals surface area (Å²) in [5.74, 6) is -0.110. The zero-order valence-electron chi connectivity index (χ0n) is 15.8. The largest absolute Gasteiger partial charge is 0.377 e. The number of fused-ring (bicyclic) bond motifs is 1. The van der Waals surface area contributed by atoms with Gasteiger partial charge >= 0.3 is 0 Å². The molecule has 4 rings (SSSR count). The van der Waals surface area contributed by atoms with Gasteiger partial charge in [-0.2, -0.15) is 5.10 Å². The van der Waals surface area contributed by atoms with Crippen LogP contribution in [0.5, 0.6) is 0 Å². The number of rotatable bonds is 4. The van der Waals surface area contributed by atoms with E-state index in [4.69, 9.17) is 4.74 Å². The quantitative estimate of drug-likeness (QED) is 0.755. The summed E-state index contributed by atoms with van der Waals surface area (Å²) in [5, 5.41) is 4.52. The fraction of sp³-hybridized carbons (Fsp3) is 0.381. The van der Waals surface area contributed by atoms with Crippen LogP contribution in [0.3, 0.4) is 0 Å². The first-order valence-corrected chi connectivity index (χ1v) is 9.57. The molecule has 1 saturated heterocycles. The SMILES string of the molecule is C=CC(=O)N1CCOCC1CC(=O)N1CCc2c(cnn2-c2ccccc2)C1. The Morgan fingerprint density at radius 1 is 1.25 bits per heavy atom. The van der Waals surface area contributed by atoms with Gasteiger partial charge in [0, 0.05) is 38.0 Å². The molecule has 2 aliphatic heterocycles. The van der Waals surface area contributed by atoms with Crippen molar-refractivity contribution in [2.45, 2.75) is 25.4 Å². The fourth-order valence-electron chi connectivity index (χ4n) is 3.90. The van der Waals surface area contributed by atoms with Crippen molar-refractivity contribution in [3.8, 4) is 5.69 Å². The molecule has 1 atom stereocenters. The normalized spacial score (nSPS) is 19.2. The van der Waals surface area contributed by atoms with Crippen LogP contribution >= 0.6 is 0 Å². The van der Waals surface area contributed by atoms with Crippen molar-refractivity contribution in [3.05, 3.63) is 60.4 Å². The van der Waals surface area contributed by atoms with Crippen molar-refractivity contribution in [2.24, 2.45) is 0 Å². The summed E-state index contributed by atoms with van der Waals surface area (Å²) < 4.78 is 7.45. The Hall–Kier alpha value is -2.93. The highest BCUT2D eigenvalue weighted by Gasteiger charge is 2.31. The Labute approximate surface area is 164 Å². The second-order valence-corrected chi connectivity index (χ2v) is 7.10. The Bertz CT molecular complexity index is 877. The van der Waals surface area contributed by atoms with Gasteiger partial charge in [-0.3, -0.25) is 9.59 Å². The van der Waals surface area contributed by atoms with Crippen molar-refractivity contribution < 1.29 is 14.3 Å². The predicted octanol–water partition coefficient (Wildman–Crippen LogP) is 1.56. The van der Waals surface area contributed by atoms with E-state index in [1.807, 2.05) is 46.1 Å². The van der Waals surface area contributed by atoms with E-state index in [0.717, 1.165) is 23.4 Å². The summed E-state index contributed by atoms with van der Waals surface area (Å²) in [7, 11) is 0. The van der Waals surface area contributed by atoms with Crippen LogP contribution in [-0.4, -0.2) is 63.7 Å². The van der Waals surface area contributed by atoms with Crippen LogP contribution in [-0.2, 0) is 27.3 Å². The number of aromatic nitrogens is 2. The minimum atomic E-state index is -0.236. The molecule has 2 amide bonds. The number of carbonyl (C=O) groups is 2. The lowest BCUT2D eigenvalue weighted by Crippen LogP contribution is -2.50. The lowest BCUT2D eigenvalue weighted by atomic mass is 10.1. The van der Waals surface area contributed by atoms with Crippen LogP contribution in [0.1, 0.15) is 17.7 Å². The van der Waals surface area contributed by atoms with E-state index < -0.39 is 0 Å². The topological polar surface area (TPSA) is 67.7 Å². The number of benzene rings is 1. The van der Waals surface area contributed by atoms with Gasteiger partial charge in [-0.25, -0.2) is 4.68 Å². The van der Waals surface area contributed by atoms with E-state index in [1.165, 1.54) is 6.08 Å². The molecule has 0 spiro atoms. The van der Waals surface area contributed by atoms with E-state index in [1.54, 1.807) is 4.90 Å². The van der Waals surface area contributed by atoms with E-state index in [-0.39, 0.29) is 24.3 Å².